The Morgan fingerprint density at radius 1 is 1.04 bits per heavy atom. The number of rotatable bonds is 8. The van der Waals surface area contributed by atoms with Gasteiger partial charge in [0.05, 0.1) is 29.9 Å². The molecule has 2 aromatic carbocycles. The van der Waals surface area contributed by atoms with Gasteiger partial charge < -0.3 is 14.8 Å². The van der Waals surface area contributed by atoms with Crippen molar-refractivity contribution in [2.45, 2.75) is 11.8 Å². The van der Waals surface area contributed by atoms with Gasteiger partial charge in [0, 0.05) is 0 Å². The molecule has 2 N–H and O–H groups in total. The summed E-state index contributed by atoms with van der Waals surface area (Å²) in [4.78, 5) is 23.4. The van der Waals surface area contributed by atoms with Crippen LogP contribution in [0.5, 0.6) is 5.75 Å². The van der Waals surface area contributed by atoms with Crippen LogP contribution in [0.3, 0.4) is 0 Å². The molecule has 8 nitrogen and oxygen atoms in total. The maximum absolute atomic E-state index is 12.6. The van der Waals surface area contributed by atoms with Crippen molar-refractivity contribution in [2.24, 2.45) is 0 Å². The lowest BCUT2D eigenvalue weighted by Gasteiger charge is -2.13. The molecular weight excluding hydrogens is 372 g/mol. The number of carbonyl (C=O) groups is 2. The normalized spacial score (nSPS) is 10.7. The van der Waals surface area contributed by atoms with Crippen LogP contribution in [-0.2, 0) is 19.6 Å². The maximum Gasteiger partial charge on any atom is 0.325 e. The molecule has 0 unspecified atom stereocenters. The Balaban J connectivity index is 2.21. The van der Waals surface area contributed by atoms with Gasteiger partial charge in [0.25, 0.3) is 15.9 Å². The lowest BCUT2D eigenvalue weighted by atomic mass is 10.1. The molecule has 0 aliphatic heterocycles. The first-order chi connectivity index (χ1) is 12.9. The lowest BCUT2D eigenvalue weighted by molar-refractivity contribution is -0.139. The molecule has 9 heteroatoms. The molecule has 0 heterocycles. The van der Waals surface area contributed by atoms with Crippen LogP contribution in [0.4, 0.5) is 5.69 Å². The standard InChI is InChI=1S/C18H20N2O6S/c1-3-26-13-8-10-14(11-9-13)27(23,24)20-16-7-5-4-6-15(16)18(22)19-12-17(21)25-2/h4-11,20H,3,12H2,1-2H3,(H,19,22). The molecule has 144 valence electrons. The highest BCUT2D eigenvalue weighted by Gasteiger charge is 2.19. The number of carbonyl (C=O) groups excluding carboxylic acids is 2. The molecule has 1 amide bonds. The van der Waals surface area contributed by atoms with Crippen molar-refractivity contribution < 1.29 is 27.5 Å². The summed E-state index contributed by atoms with van der Waals surface area (Å²) in [5, 5.41) is 2.37. The number of amides is 1. The van der Waals surface area contributed by atoms with Gasteiger partial charge in [-0.3, -0.25) is 14.3 Å². The molecular formula is C18H20N2O6S. The topological polar surface area (TPSA) is 111 Å². The first-order valence-corrected chi connectivity index (χ1v) is 9.55. The minimum Gasteiger partial charge on any atom is -0.494 e. The molecule has 0 aliphatic rings. The van der Waals surface area contributed by atoms with Gasteiger partial charge in [-0.05, 0) is 43.3 Å². The summed E-state index contributed by atoms with van der Waals surface area (Å²) in [6.45, 7) is 1.97. The fourth-order valence-corrected chi connectivity index (χ4v) is 3.26. The molecule has 27 heavy (non-hydrogen) atoms. The second kappa shape index (κ2) is 9.04. The van der Waals surface area contributed by atoms with E-state index in [2.05, 4.69) is 14.8 Å². The average molecular weight is 392 g/mol. The minimum atomic E-state index is -3.91. The van der Waals surface area contributed by atoms with Gasteiger partial charge >= 0.3 is 5.97 Å². The number of benzene rings is 2. The van der Waals surface area contributed by atoms with Crippen LogP contribution in [0, 0.1) is 0 Å². The molecule has 0 atom stereocenters. The molecule has 0 saturated heterocycles. The van der Waals surface area contributed by atoms with E-state index in [1.165, 1.54) is 31.4 Å². The second-order valence-electron chi connectivity index (χ2n) is 5.31. The summed E-state index contributed by atoms with van der Waals surface area (Å²) in [7, 11) is -2.71. The third-order valence-corrected chi connectivity index (χ3v) is 4.86. The van der Waals surface area contributed by atoms with Crippen LogP contribution in [-0.4, -0.2) is 40.6 Å². The molecule has 0 saturated carbocycles. The fourth-order valence-electron chi connectivity index (χ4n) is 2.18. The van der Waals surface area contributed by atoms with Crippen LogP contribution in [0.25, 0.3) is 0 Å². The second-order valence-corrected chi connectivity index (χ2v) is 7.00. The number of para-hydroxylation sites is 1. The number of sulfonamides is 1. The number of esters is 1. The molecule has 2 aromatic rings. The monoisotopic (exact) mass is 392 g/mol. The van der Waals surface area contributed by atoms with Gasteiger partial charge in [0.2, 0.25) is 0 Å². The van der Waals surface area contributed by atoms with Gasteiger partial charge in [0.1, 0.15) is 12.3 Å². The predicted molar refractivity (Wildman–Crippen MR) is 99.2 cm³/mol. The van der Waals surface area contributed by atoms with Crippen molar-refractivity contribution in [3.63, 3.8) is 0 Å². The Morgan fingerprint density at radius 3 is 2.33 bits per heavy atom. The highest BCUT2D eigenvalue weighted by molar-refractivity contribution is 7.92. The summed E-state index contributed by atoms with van der Waals surface area (Å²) < 4.78 is 37.3. The van der Waals surface area contributed by atoms with Crippen molar-refractivity contribution >= 4 is 27.6 Å². The van der Waals surface area contributed by atoms with E-state index in [1.54, 1.807) is 24.3 Å². The zero-order chi connectivity index (χ0) is 19.9. The Hall–Kier alpha value is -3.07. The Kier molecular flexibility index (Phi) is 6.78. The quantitative estimate of drug-likeness (QED) is 0.663. The van der Waals surface area contributed by atoms with Gasteiger partial charge in [-0.25, -0.2) is 8.42 Å². The number of hydrogen-bond acceptors (Lipinski definition) is 6. The largest absolute Gasteiger partial charge is 0.494 e. The van der Waals surface area contributed by atoms with Crippen molar-refractivity contribution in [3.05, 3.63) is 54.1 Å². The van der Waals surface area contributed by atoms with Crippen LogP contribution in [0.2, 0.25) is 0 Å². The number of hydrogen-bond donors (Lipinski definition) is 2. The van der Waals surface area contributed by atoms with E-state index in [4.69, 9.17) is 4.74 Å². The van der Waals surface area contributed by atoms with Crippen LogP contribution in [0.15, 0.2) is 53.4 Å². The van der Waals surface area contributed by atoms with E-state index in [0.29, 0.717) is 12.4 Å². The van der Waals surface area contributed by atoms with E-state index < -0.39 is 21.9 Å². The molecule has 2 rings (SSSR count). The highest BCUT2D eigenvalue weighted by Crippen LogP contribution is 2.22. The smallest absolute Gasteiger partial charge is 0.325 e. The van der Waals surface area contributed by atoms with Crippen LogP contribution in [0.1, 0.15) is 17.3 Å². The van der Waals surface area contributed by atoms with Gasteiger partial charge in [-0.15, -0.1) is 0 Å². The maximum atomic E-state index is 12.6. The van der Waals surface area contributed by atoms with E-state index in [0.717, 1.165) is 0 Å². The highest BCUT2D eigenvalue weighted by atomic mass is 32.2. The Bertz CT molecular complexity index is 910. The lowest BCUT2D eigenvalue weighted by Crippen LogP contribution is -2.31. The summed E-state index contributed by atoms with van der Waals surface area (Å²) in [5.41, 5.74) is 0.171. The van der Waals surface area contributed by atoms with Crippen molar-refractivity contribution in [2.75, 3.05) is 25.0 Å². The first-order valence-electron chi connectivity index (χ1n) is 8.07. The zero-order valence-corrected chi connectivity index (χ0v) is 15.7. The summed E-state index contributed by atoms with van der Waals surface area (Å²) in [5.74, 6) is -0.666. The molecule has 0 spiro atoms. The molecule has 0 aromatic heterocycles. The zero-order valence-electron chi connectivity index (χ0n) is 14.9. The first kappa shape index (κ1) is 20.2. The molecule has 0 radical (unpaired) electrons. The van der Waals surface area contributed by atoms with E-state index in [9.17, 15) is 18.0 Å². The molecule has 0 fully saturated rings. The third-order valence-electron chi connectivity index (χ3n) is 3.48. The van der Waals surface area contributed by atoms with E-state index in [1.807, 2.05) is 6.92 Å². The average Bonchev–Trinajstić information content (AvgIpc) is 2.66. The van der Waals surface area contributed by atoms with Gasteiger partial charge in [0.15, 0.2) is 0 Å². The number of anilines is 1. The van der Waals surface area contributed by atoms with Crippen molar-refractivity contribution in [3.8, 4) is 5.75 Å². The number of nitrogens with one attached hydrogen (secondary N) is 2. The predicted octanol–water partition coefficient (Wildman–Crippen LogP) is 1.79. The van der Waals surface area contributed by atoms with Gasteiger partial charge in [-0.2, -0.15) is 0 Å². The molecule has 0 bridgehead atoms. The summed E-state index contributed by atoms with van der Waals surface area (Å²) >= 11 is 0. The number of ether oxygens (including phenoxy) is 2. The van der Waals surface area contributed by atoms with Gasteiger partial charge in [-0.1, -0.05) is 12.1 Å². The fraction of sp³-hybridized carbons (Fsp3) is 0.222. The Labute approximate surface area is 157 Å². The summed E-state index contributed by atoms with van der Waals surface area (Å²) in [6.07, 6.45) is 0. The van der Waals surface area contributed by atoms with Crippen molar-refractivity contribution in [1.29, 1.82) is 0 Å². The van der Waals surface area contributed by atoms with Crippen LogP contribution >= 0.6 is 0 Å². The van der Waals surface area contributed by atoms with Crippen LogP contribution < -0.4 is 14.8 Å². The number of methoxy groups -OCH3 is 1. The summed E-state index contributed by atoms with van der Waals surface area (Å²) in [6, 6.07) is 12.0. The van der Waals surface area contributed by atoms with E-state index >= 15 is 0 Å². The Morgan fingerprint density at radius 2 is 1.70 bits per heavy atom. The SMILES string of the molecule is CCOc1ccc(S(=O)(=O)Nc2ccccc2C(=O)NCC(=O)OC)cc1. The minimum absolute atomic E-state index is 0.0238. The van der Waals surface area contributed by atoms with E-state index in [-0.39, 0.29) is 22.7 Å². The molecule has 0 aliphatic carbocycles. The van der Waals surface area contributed by atoms with Crippen molar-refractivity contribution in [1.82, 2.24) is 5.32 Å². The third kappa shape index (κ3) is 5.45.